The lowest BCUT2D eigenvalue weighted by Gasteiger charge is -2.20. The summed E-state index contributed by atoms with van der Waals surface area (Å²) in [6.07, 6.45) is 1.99. The second kappa shape index (κ2) is 6.09. The molecule has 0 atom stereocenters. The Morgan fingerprint density at radius 3 is 1.97 bits per heavy atom. The van der Waals surface area contributed by atoms with Crippen molar-refractivity contribution in [2.45, 2.75) is 0 Å². The van der Waals surface area contributed by atoms with Gasteiger partial charge in [-0.25, -0.2) is 0 Å². The number of fused-ring (bicyclic) bond motifs is 5. The second-order valence-electron chi connectivity index (χ2n) is 7.82. The SMILES string of the molecule is c1ccc2c(-c3cccn4nc(-n5c6ccccc6c6ccccc65)n34)cccc2c1. The first kappa shape index (κ1) is 16.5. The summed E-state index contributed by atoms with van der Waals surface area (Å²) < 4.78 is 6.37. The molecule has 7 aromatic rings. The van der Waals surface area contributed by atoms with Gasteiger partial charge in [-0.2, -0.15) is 9.15 Å². The highest BCUT2D eigenvalue weighted by atomic mass is 15.6. The summed E-state index contributed by atoms with van der Waals surface area (Å²) in [5.74, 6) is 0.904. The van der Waals surface area contributed by atoms with Gasteiger partial charge in [-0.1, -0.05) is 78.9 Å². The maximum absolute atomic E-state index is 4.85. The van der Waals surface area contributed by atoms with Gasteiger partial charge in [0.1, 0.15) is 0 Å². The van der Waals surface area contributed by atoms with Gasteiger partial charge in [0, 0.05) is 22.5 Å². The van der Waals surface area contributed by atoms with Crippen molar-refractivity contribution in [3.8, 4) is 17.2 Å². The van der Waals surface area contributed by atoms with E-state index in [1.54, 1.807) is 0 Å². The third kappa shape index (κ3) is 2.21. The smallest absolute Gasteiger partial charge is 0.256 e. The van der Waals surface area contributed by atoms with E-state index in [-0.39, 0.29) is 0 Å². The molecule has 4 aromatic carbocycles. The normalized spacial score (nSPS) is 11.9. The van der Waals surface area contributed by atoms with E-state index in [0.29, 0.717) is 0 Å². The van der Waals surface area contributed by atoms with Crippen LogP contribution in [0.5, 0.6) is 0 Å². The van der Waals surface area contributed by atoms with Crippen molar-refractivity contribution in [1.29, 1.82) is 0 Å². The van der Waals surface area contributed by atoms with Gasteiger partial charge in [0.25, 0.3) is 5.95 Å². The fraction of sp³-hybridized carbons (Fsp3) is 0. The fourth-order valence-corrected chi connectivity index (χ4v) is 4.76. The predicted molar refractivity (Wildman–Crippen MR) is 126 cm³/mol. The molecule has 4 nitrogen and oxygen atoms in total. The molecule has 3 heterocycles. The van der Waals surface area contributed by atoms with Gasteiger partial charge >= 0.3 is 0 Å². The highest BCUT2D eigenvalue weighted by Crippen LogP contribution is 2.34. The first-order chi connectivity index (χ1) is 15.4. The molecule has 0 amide bonds. The van der Waals surface area contributed by atoms with Gasteiger partial charge in [0.2, 0.25) is 0 Å². The van der Waals surface area contributed by atoms with Crippen LogP contribution in [0.3, 0.4) is 0 Å². The molecule has 0 saturated heterocycles. The molecular formula is C27H18N4. The molecule has 0 saturated carbocycles. The first-order valence-corrected chi connectivity index (χ1v) is 10.4. The van der Waals surface area contributed by atoms with Gasteiger partial charge < -0.3 is 0 Å². The van der Waals surface area contributed by atoms with Crippen molar-refractivity contribution < 1.29 is 0 Å². The van der Waals surface area contributed by atoms with Gasteiger partial charge in [0.15, 0.2) is 0 Å². The Morgan fingerprint density at radius 2 is 1.19 bits per heavy atom. The monoisotopic (exact) mass is 398 g/mol. The molecule has 0 fully saturated rings. The van der Waals surface area contributed by atoms with Crippen LogP contribution >= 0.6 is 0 Å². The zero-order valence-electron chi connectivity index (χ0n) is 16.7. The number of rotatable bonds is 2. The number of nitrogens with zero attached hydrogens (tertiary/aromatic N) is 4. The molecule has 7 rings (SSSR count). The summed E-state index contributed by atoms with van der Waals surface area (Å²) in [6.45, 7) is 0. The Morgan fingerprint density at radius 1 is 0.548 bits per heavy atom. The minimum Gasteiger partial charge on any atom is -0.277 e. The van der Waals surface area contributed by atoms with Crippen LogP contribution in [-0.2, 0) is 0 Å². The summed E-state index contributed by atoms with van der Waals surface area (Å²) in [5.41, 5.74) is 4.63. The van der Waals surface area contributed by atoms with E-state index in [0.717, 1.165) is 22.7 Å². The summed E-state index contributed by atoms with van der Waals surface area (Å²) in [7, 11) is 0. The quantitative estimate of drug-likeness (QED) is 0.333. The highest BCUT2D eigenvalue weighted by Gasteiger charge is 2.20. The lowest BCUT2D eigenvalue weighted by molar-refractivity contribution is 0.565. The topological polar surface area (TPSA) is 26.6 Å². The van der Waals surface area contributed by atoms with E-state index in [9.17, 15) is 0 Å². The maximum Gasteiger partial charge on any atom is 0.256 e. The average molecular weight is 398 g/mol. The first-order valence-electron chi connectivity index (χ1n) is 10.4. The molecule has 0 bridgehead atoms. The number of hydrogen-bond donors (Lipinski definition) is 0. The fourth-order valence-electron chi connectivity index (χ4n) is 4.76. The van der Waals surface area contributed by atoms with Crippen LogP contribution in [0.2, 0.25) is 0 Å². The molecule has 3 aromatic heterocycles. The predicted octanol–water partition coefficient (Wildman–Crippen LogP) is 6.35. The molecule has 31 heavy (non-hydrogen) atoms. The molecule has 0 aliphatic rings. The van der Waals surface area contributed by atoms with Crippen LogP contribution in [0.1, 0.15) is 0 Å². The van der Waals surface area contributed by atoms with Gasteiger partial charge in [0.05, 0.1) is 16.7 Å². The minimum atomic E-state index is 0.904. The molecule has 0 aliphatic heterocycles. The molecule has 0 unspecified atom stereocenters. The van der Waals surface area contributed by atoms with Gasteiger partial charge in [-0.05, 0) is 35.0 Å². The Labute approximate surface area is 178 Å². The highest BCUT2D eigenvalue weighted by molar-refractivity contribution is 6.09. The second-order valence-corrected chi connectivity index (χ2v) is 7.82. The van der Waals surface area contributed by atoms with E-state index in [1.807, 2.05) is 10.8 Å². The van der Waals surface area contributed by atoms with E-state index in [4.69, 9.17) is 5.10 Å². The van der Waals surface area contributed by atoms with Crippen LogP contribution in [0.4, 0.5) is 0 Å². The van der Waals surface area contributed by atoms with E-state index in [1.165, 1.54) is 27.1 Å². The van der Waals surface area contributed by atoms with Crippen LogP contribution in [0.15, 0.2) is 109 Å². The molecule has 0 N–H and O–H groups in total. The molecule has 4 heteroatoms. The molecule has 0 spiro atoms. The van der Waals surface area contributed by atoms with Crippen LogP contribution in [0.25, 0.3) is 49.8 Å². The van der Waals surface area contributed by atoms with Crippen LogP contribution < -0.4 is 0 Å². The van der Waals surface area contributed by atoms with Crippen LogP contribution in [0, 0.1) is 0 Å². The van der Waals surface area contributed by atoms with Crippen LogP contribution in [-0.4, -0.2) is 18.8 Å². The minimum absolute atomic E-state index is 0.904. The van der Waals surface area contributed by atoms with E-state index >= 15 is 0 Å². The molecule has 146 valence electrons. The van der Waals surface area contributed by atoms with Crippen molar-refractivity contribution in [2.75, 3.05) is 0 Å². The average Bonchev–Trinajstić information content (AvgIpc) is 3.14. The Balaban J connectivity index is 1.59. The van der Waals surface area contributed by atoms with Gasteiger partial charge in [-0.15, -0.1) is 5.10 Å². The third-order valence-corrected chi connectivity index (χ3v) is 6.13. The number of hydrogen-bond acceptors (Lipinski definition) is 1. The molecule has 0 aliphatic carbocycles. The van der Waals surface area contributed by atoms with E-state index < -0.39 is 0 Å². The summed E-state index contributed by atoms with van der Waals surface area (Å²) in [4.78, 5) is 0. The summed E-state index contributed by atoms with van der Waals surface area (Å²) in [6, 6.07) is 36.3. The largest absolute Gasteiger partial charge is 0.277 e. The van der Waals surface area contributed by atoms with E-state index in [2.05, 4.69) is 112 Å². The zero-order valence-corrected chi connectivity index (χ0v) is 16.7. The molecule has 0 radical (unpaired) electrons. The number of benzene rings is 4. The Kier molecular flexibility index (Phi) is 3.24. The van der Waals surface area contributed by atoms with Crippen molar-refractivity contribution in [1.82, 2.24) is 18.8 Å². The van der Waals surface area contributed by atoms with Crippen molar-refractivity contribution in [2.24, 2.45) is 0 Å². The number of para-hydroxylation sites is 2. The third-order valence-electron chi connectivity index (χ3n) is 6.13. The Hall–Kier alpha value is -4.31. The summed E-state index contributed by atoms with van der Waals surface area (Å²) >= 11 is 0. The lowest BCUT2D eigenvalue weighted by atomic mass is 10.0. The van der Waals surface area contributed by atoms with Crippen molar-refractivity contribution in [3.05, 3.63) is 109 Å². The number of aromatic nitrogens is 4. The lowest BCUT2D eigenvalue weighted by Crippen LogP contribution is -2.22. The summed E-state index contributed by atoms with van der Waals surface area (Å²) in [5, 5.41) is 9.80. The Bertz CT molecular complexity index is 1690. The van der Waals surface area contributed by atoms with Crippen molar-refractivity contribution >= 4 is 32.6 Å². The van der Waals surface area contributed by atoms with Crippen molar-refractivity contribution in [3.63, 3.8) is 0 Å². The van der Waals surface area contributed by atoms with Gasteiger partial charge in [-0.3, -0.25) is 4.57 Å². The maximum atomic E-state index is 4.85. The molecular weight excluding hydrogens is 380 g/mol. The zero-order chi connectivity index (χ0) is 20.4. The standard InChI is InChI=1S/C27H18N4/c1-2-11-20-19(9-1)10-7-14-21(20)26-17-8-18-29-28-27(31(26)29)30-24-15-5-3-12-22(24)23-13-4-6-16-25(23)30/h1-18H.